The number of rotatable bonds is 5. The van der Waals surface area contributed by atoms with Gasteiger partial charge in [0.05, 0.1) is 32.6 Å². The van der Waals surface area contributed by atoms with Gasteiger partial charge in [0, 0.05) is 0 Å². The maximum absolute atomic E-state index is 13.3. The summed E-state index contributed by atoms with van der Waals surface area (Å²) in [7, 11) is 0. The van der Waals surface area contributed by atoms with E-state index in [9.17, 15) is 14.0 Å². The van der Waals surface area contributed by atoms with Gasteiger partial charge in [0.15, 0.2) is 6.23 Å². The molecule has 1 aliphatic rings. The first-order valence-corrected chi connectivity index (χ1v) is 7.49. The lowest BCUT2D eigenvalue weighted by Crippen LogP contribution is -2.42. The van der Waals surface area contributed by atoms with E-state index in [1.807, 2.05) is 35.3 Å². The molecule has 0 amide bonds. The first-order chi connectivity index (χ1) is 11.6. The van der Waals surface area contributed by atoms with Gasteiger partial charge in [0.1, 0.15) is 6.10 Å². The Labute approximate surface area is 136 Å². The molecule has 8 heteroatoms. The minimum Gasteiger partial charge on any atom is -0.374 e. The van der Waals surface area contributed by atoms with E-state index < -0.39 is 23.3 Å². The molecule has 0 saturated carbocycles. The van der Waals surface area contributed by atoms with Crippen molar-refractivity contribution in [1.82, 2.24) is 9.55 Å². The number of hydrogen-bond acceptors (Lipinski definition) is 5. The maximum Gasteiger partial charge on any atom is 0.330 e. The Hall–Kier alpha value is -2.29. The summed E-state index contributed by atoms with van der Waals surface area (Å²) in [5.74, 6) is -1.05. The Morgan fingerprint density at radius 3 is 2.71 bits per heavy atom. The van der Waals surface area contributed by atoms with Gasteiger partial charge in [-0.1, -0.05) is 30.3 Å². The van der Waals surface area contributed by atoms with Crippen molar-refractivity contribution in [1.29, 1.82) is 0 Å². The Morgan fingerprint density at radius 2 is 2.00 bits per heavy atom. The highest BCUT2D eigenvalue weighted by Crippen LogP contribution is 2.15. The van der Waals surface area contributed by atoms with E-state index in [-0.39, 0.29) is 19.3 Å². The summed E-state index contributed by atoms with van der Waals surface area (Å²) >= 11 is 0. The summed E-state index contributed by atoms with van der Waals surface area (Å²) in [6.07, 6.45) is -0.232. The van der Waals surface area contributed by atoms with Crippen molar-refractivity contribution >= 4 is 0 Å². The molecule has 2 unspecified atom stereocenters. The van der Waals surface area contributed by atoms with Gasteiger partial charge in [-0.05, 0) is 5.56 Å². The van der Waals surface area contributed by atoms with Gasteiger partial charge in [-0.2, -0.15) is 4.39 Å². The molecule has 1 fully saturated rings. The summed E-state index contributed by atoms with van der Waals surface area (Å²) in [6, 6.07) is 9.73. The molecule has 0 radical (unpaired) electrons. The largest absolute Gasteiger partial charge is 0.374 e. The SMILES string of the molecule is O=c1[nH]c(=O)n(C2COC(COCc3ccccc3)CO2)cc1F. The second-order valence-corrected chi connectivity index (χ2v) is 5.39. The van der Waals surface area contributed by atoms with Crippen LogP contribution in [-0.4, -0.2) is 35.5 Å². The number of benzene rings is 1. The summed E-state index contributed by atoms with van der Waals surface area (Å²) in [5, 5.41) is 0. The van der Waals surface area contributed by atoms with Crippen LogP contribution in [0.4, 0.5) is 4.39 Å². The van der Waals surface area contributed by atoms with E-state index in [2.05, 4.69) is 0 Å². The molecule has 2 atom stereocenters. The van der Waals surface area contributed by atoms with Crippen molar-refractivity contribution in [3.05, 3.63) is 68.7 Å². The van der Waals surface area contributed by atoms with Crippen molar-refractivity contribution < 1.29 is 18.6 Å². The van der Waals surface area contributed by atoms with Crippen molar-refractivity contribution in [3.63, 3.8) is 0 Å². The Morgan fingerprint density at radius 1 is 1.21 bits per heavy atom. The smallest absolute Gasteiger partial charge is 0.330 e. The van der Waals surface area contributed by atoms with Crippen LogP contribution < -0.4 is 11.2 Å². The van der Waals surface area contributed by atoms with Gasteiger partial charge in [-0.15, -0.1) is 0 Å². The highest BCUT2D eigenvalue weighted by Gasteiger charge is 2.25. The van der Waals surface area contributed by atoms with E-state index in [0.29, 0.717) is 13.2 Å². The topological polar surface area (TPSA) is 82.6 Å². The molecule has 3 rings (SSSR count). The lowest BCUT2D eigenvalue weighted by atomic mass is 10.2. The molecule has 2 aromatic rings. The molecule has 0 bridgehead atoms. The summed E-state index contributed by atoms with van der Waals surface area (Å²) in [4.78, 5) is 24.6. The van der Waals surface area contributed by atoms with Crippen molar-refractivity contribution in [2.75, 3.05) is 19.8 Å². The first-order valence-electron chi connectivity index (χ1n) is 7.49. The Kier molecular flexibility index (Phi) is 5.19. The number of H-pyrrole nitrogens is 1. The van der Waals surface area contributed by atoms with Gasteiger partial charge in [0.25, 0.3) is 5.56 Å². The molecule has 24 heavy (non-hydrogen) atoms. The van der Waals surface area contributed by atoms with Crippen LogP contribution in [-0.2, 0) is 20.8 Å². The minimum atomic E-state index is -1.06. The van der Waals surface area contributed by atoms with Crippen LogP contribution in [0.3, 0.4) is 0 Å². The predicted octanol–water partition coefficient (Wildman–Crippen LogP) is 0.806. The third-order valence-electron chi connectivity index (χ3n) is 3.60. The van der Waals surface area contributed by atoms with Crippen LogP contribution in [0.1, 0.15) is 11.8 Å². The van der Waals surface area contributed by atoms with Crippen molar-refractivity contribution in [2.45, 2.75) is 18.9 Å². The summed E-state index contributed by atoms with van der Waals surface area (Å²) in [6.45, 7) is 1.07. The predicted molar refractivity (Wildman–Crippen MR) is 82.1 cm³/mol. The average Bonchev–Trinajstić information content (AvgIpc) is 2.60. The molecule has 128 valence electrons. The highest BCUT2D eigenvalue weighted by molar-refractivity contribution is 5.13. The number of aromatic nitrogens is 2. The molecule has 2 heterocycles. The van der Waals surface area contributed by atoms with Gasteiger partial charge in [-0.25, -0.2) is 4.79 Å². The fourth-order valence-corrected chi connectivity index (χ4v) is 2.35. The zero-order valence-corrected chi connectivity index (χ0v) is 12.8. The number of ether oxygens (including phenoxy) is 3. The van der Waals surface area contributed by atoms with Crippen LogP contribution in [0, 0.1) is 5.82 Å². The Balaban J connectivity index is 1.50. The molecule has 1 N–H and O–H groups in total. The second-order valence-electron chi connectivity index (χ2n) is 5.39. The fourth-order valence-electron chi connectivity index (χ4n) is 2.35. The van der Waals surface area contributed by atoms with Gasteiger partial charge >= 0.3 is 5.69 Å². The zero-order chi connectivity index (χ0) is 16.9. The van der Waals surface area contributed by atoms with E-state index in [1.54, 1.807) is 0 Å². The normalized spacial score (nSPS) is 20.9. The third kappa shape index (κ3) is 3.97. The van der Waals surface area contributed by atoms with Crippen LogP contribution in [0.5, 0.6) is 0 Å². The van der Waals surface area contributed by atoms with Crippen molar-refractivity contribution in [3.8, 4) is 0 Å². The maximum atomic E-state index is 13.3. The van der Waals surface area contributed by atoms with Gasteiger partial charge in [0.2, 0.25) is 5.82 Å². The Bertz CT molecular complexity index is 781. The molecule has 1 aliphatic heterocycles. The standard InChI is InChI=1S/C16H17FN2O5/c17-13-6-19(16(21)18-15(13)20)14-10-23-12(9-24-14)8-22-7-11-4-2-1-3-5-11/h1-6,12,14H,7-10H2,(H,18,20,21). The molecule has 1 saturated heterocycles. The molecule has 1 aromatic carbocycles. The van der Waals surface area contributed by atoms with E-state index in [4.69, 9.17) is 14.2 Å². The number of halogens is 1. The first kappa shape index (κ1) is 16.6. The van der Waals surface area contributed by atoms with Crippen molar-refractivity contribution in [2.24, 2.45) is 0 Å². The monoisotopic (exact) mass is 336 g/mol. The lowest BCUT2D eigenvalue weighted by molar-refractivity contribution is -0.178. The highest BCUT2D eigenvalue weighted by atomic mass is 19.1. The van der Waals surface area contributed by atoms with E-state index in [0.717, 1.165) is 16.3 Å². The molecule has 0 aliphatic carbocycles. The van der Waals surface area contributed by atoms with E-state index >= 15 is 0 Å². The second kappa shape index (κ2) is 7.52. The molecule has 0 spiro atoms. The zero-order valence-electron chi connectivity index (χ0n) is 12.8. The molecular formula is C16H17FN2O5. The third-order valence-corrected chi connectivity index (χ3v) is 3.60. The van der Waals surface area contributed by atoms with Gasteiger partial charge < -0.3 is 14.2 Å². The summed E-state index contributed by atoms with van der Waals surface area (Å²) in [5.41, 5.74) is -0.740. The fraction of sp³-hybridized carbons (Fsp3) is 0.375. The quantitative estimate of drug-likeness (QED) is 0.874. The van der Waals surface area contributed by atoms with Crippen LogP contribution in [0.15, 0.2) is 46.1 Å². The van der Waals surface area contributed by atoms with Crippen LogP contribution >= 0.6 is 0 Å². The van der Waals surface area contributed by atoms with E-state index in [1.165, 1.54) is 0 Å². The number of nitrogens with one attached hydrogen (secondary N) is 1. The summed E-state index contributed by atoms with van der Waals surface area (Å²) < 4.78 is 31.0. The van der Waals surface area contributed by atoms with Crippen LogP contribution in [0.2, 0.25) is 0 Å². The number of hydrogen-bond donors (Lipinski definition) is 1. The molecule has 7 nitrogen and oxygen atoms in total. The van der Waals surface area contributed by atoms with Crippen LogP contribution in [0.25, 0.3) is 0 Å². The number of aromatic amines is 1. The minimum absolute atomic E-state index is 0.0603. The molecular weight excluding hydrogens is 319 g/mol. The van der Waals surface area contributed by atoms with Gasteiger partial charge in [-0.3, -0.25) is 14.3 Å². The average molecular weight is 336 g/mol. The molecule has 1 aromatic heterocycles. The number of nitrogens with zero attached hydrogens (tertiary/aromatic N) is 1. The lowest BCUT2D eigenvalue weighted by Gasteiger charge is -2.30.